The molecule has 0 spiro atoms. The van der Waals surface area contributed by atoms with Crippen LogP contribution in [0.3, 0.4) is 0 Å². The van der Waals surface area contributed by atoms with Crippen LogP contribution in [0.4, 0.5) is 11.6 Å². The Hall–Kier alpha value is -4.07. The number of hydrazone groups is 1. The Balaban J connectivity index is 1.54. The third-order valence-corrected chi connectivity index (χ3v) is 7.84. The number of likely N-dealkylation sites (tertiary alicyclic amines) is 1. The summed E-state index contributed by atoms with van der Waals surface area (Å²) in [4.78, 5) is 19.0. The number of fused-ring (bicyclic) bond motifs is 1. The predicted molar refractivity (Wildman–Crippen MR) is 153 cm³/mol. The summed E-state index contributed by atoms with van der Waals surface area (Å²) < 4.78 is 9.98. The summed E-state index contributed by atoms with van der Waals surface area (Å²) in [6, 6.07) is 9.87. The monoisotopic (exact) mass is 526 g/mol. The molecule has 0 saturated carbocycles. The van der Waals surface area contributed by atoms with Crippen LogP contribution in [0.2, 0.25) is 0 Å². The van der Waals surface area contributed by atoms with Crippen LogP contribution in [0.25, 0.3) is 0 Å². The van der Waals surface area contributed by atoms with Gasteiger partial charge in [-0.15, -0.1) is 4.68 Å². The first-order chi connectivity index (χ1) is 18.9. The molecule has 0 bridgehead atoms. The van der Waals surface area contributed by atoms with Crippen molar-refractivity contribution >= 4 is 29.5 Å². The molecule has 2 aromatic rings. The highest BCUT2D eigenvalue weighted by Crippen LogP contribution is 2.33. The highest BCUT2D eigenvalue weighted by molar-refractivity contribution is 6.19. The highest BCUT2D eigenvalue weighted by Gasteiger charge is 2.36. The Kier molecular flexibility index (Phi) is 7.72. The number of nitrogens with zero attached hydrogens (tertiary/aromatic N) is 5. The number of carbonyl (C=O) groups excluding carboxylic acids is 1. The lowest BCUT2D eigenvalue weighted by Crippen LogP contribution is -2.40. The lowest BCUT2D eigenvalue weighted by molar-refractivity contribution is -0.660. The molecule has 1 saturated heterocycles. The number of ether oxygens (including phenoxy) is 1. The maximum absolute atomic E-state index is 12.3. The molecule has 8 nitrogen and oxygen atoms in total. The first-order valence-corrected chi connectivity index (χ1v) is 13.8. The van der Waals surface area contributed by atoms with E-state index in [9.17, 15) is 4.79 Å². The van der Waals surface area contributed by atoms with Crippen molar-refractivity contribution in [2.45, 2.75) is 40.0 Å². The molecule has 1 aliphatic carbocycles. The van der Waals surface area contributed by atoms with Gasteiger partial charge in [0.15, 0.2) is 5.56 Å². The SMILES string of the molecule is CCC(=O)N1CCCC(/C=[N+]2/N=C(C3=CC=C(Oc4ccccc4)[C@@H](C)[C@H](C)C=C3)c3c2nc[n+](C)c3N)C1. The number of rotatable bonds is 5. The minimum Gasteiger partial charge on any atom is -0.461 e. The van der Waals surface area contributed by atoms with E-state index in [2.05, 4.69) is 38.3 Å². The third kappa shape index (κ3) is 5.55. The minimum absolute atomic E-state index is 0.190. The van der Waals surface area contributed by atoms with E-state index in [0.29, 0.717) is 24.6 Å². The molecule has 1 fully saturated rings. The van der Waals surface area contributed by atoms with E-state index in [4.69, 9.17) is 20.6 Å². The Bertz CT molecular complexity index is 1410. The van der Waals surface area contributed by atoms with Gasteiger partial charge >= 0.3 is 5.82 Å². The fraction of sp³-hybridized carbons (Fsp3) is 0.387. The van der Waals surface area contributed by atoms with Gasteiger partial charge in [0.25, 0.3) is 0 Å². The first kappa shape index (κ1) is 26.5. The van der Waals surface area contributed by atoms with Gasteiger partial charge < -0.3 is 15.4 Å². The molecule has 3 atom stereocenters. The number of benzene rings is 1. The molecule has 39 heavy (non-hydrogen) atoms. The van der Waals surface area contributed by atoms with Gasteiger partial charge in [0, 0.05) is 36.9 Å². The molecule has 3 aliphatic rings. The number of anilines is 1. The Morgan fingerprint density at radius 3 is 2.79 bits per heavy atom. The molecular weight excluding hydrogens is 488 g/mol. The van der Waals surface area contributed by atoms with Crippen LogP contribution in [-0.4, -0.2) is 45.5 Å². The van der Waals surface area contributed by atoms with Crippen LogP contribution >= 0.6 is 0 Å². The number of nitrogens with two attached hydrogens (primary N) is 1. The van der Waals surface area contributed by atoms with Crippen LogP contribution in [0.1, 0.15) is 45.6 Å². The van der Waals surface area contributed by atoms with Crippen LogP contribution < -0.4 is 15.0 Å². The van der Waals surface area contributed by atoms with E-state index in [0.717, 1.165) is 47.7 Å². The Labute approximate surface area is 230 Å². The van der Waals surface area contributed by atoms with Gasteiger partial charge in [-0.05, 0) is 43.0 Å². The largest absolute Gasteiger partial charge is 0.461 e. The summed E-state index contributed by atoms with van der Waals surface area (Å²) in [6.45, 7) is 7.80. The second kappa shape index (κ2) is 11.4. The van der Waals surface area contributed by atoms with Crippen molar-refractivity contribution in [2.24, 2.45) is 29.9 Å². The molecule has 8 heteroatoms. The normalized spacial score (nSPS) is 23.9. The number of nitrogen functional groups attached to an aromatic ring is 1. The lowest BCUT2D eigenvalue weighted by atomic mass is 9.89. The van der Waals surface area contributed by atoms with Crippen LogP contribution in [0, 0.1) is 17.8 Å². The third-order valence-electron chi connectivity index (χ3n) is 7.84. The van der Waals surface area contributed by atoms with Gasteiger partial charge in [-0.25, -0.2) is 4.57 Å². The summed E-state index contributed by atoms with van der Waals surface area (Å²) in [7, 11) is 1.89. The van der Waals surface area contributed by atoms with Gasteiger partial charge in [0.05, 0.1) is 7.05 Å². The molecular formula is C31H38N6O2+2. The van der Waals surface area contributed by atoms with Gasteiger partial charge in [-0.3, -0.25) is 4.79 Å². The number of carbonyl (C=O) groups is 1. The maximum atomic E-state index is 12.3. The molecule has 1 aromatic heterocycles. The number of aromatic nitrogens is 2. The molecule has 1 amide bonds. The molecule has 2 N–H and O–H groups in total. The topological polar surface area (TPSA) is 87.7 Å². The smallest absolute Gasteiger partial charge is 0.332 e. The van der Waals surface area contributed by atoms with E-state index in [-0.39, 0.29) is 23.7 Å². The van der Waals surface area contributed by atoms with Crippen molar-refractivity contribution in [3.05, 3.63) is 77.9 Å². The predicted octanol–water partition coefficient (Wildman–Crippen LogP) is 4.30. The quantitative estimate of drug-likeness (QED) is 0.589. The number of hydrogen-bond donors (Lipinski definition) is 1. The van der Waals surface area contributed by atoms with Gasteiger partial charge in [-0.2, -0.15) is 0 Å². The van der Waals surface area contributed by atoms with Crippen molar-refractivity contribution in [3.8, 4) is 5.75 Å². The number of aryl methyl sites for hydroxylation is 1. The molecule has 202 valence electrons. The number of hydrogen-bond acceptors (Lipinski definition) is 5. The van der Waals surface area contributed by atoms with Crippen LogP contribution in [-0.2, 0) is 11.8 Å². The lowest BCUT2D eigenvalue weighted by Gasteiger charge is -2.30. The molecule has 2 aliphatic heterocycles. The number of para-hydroxylation sites is 1. The summed E-state index contributed by atoms with van der Waals surface area (Å²) >= 11 is 0. The Morgan fingerprint density at radius 2 is 2.03 bits per heavy atom. The van der Waals surface area contributed by atoms with E-state index >= 15 is 0 Å². The van der Waals surface area contributed by atoms with Crippen LogP contribution in [0.15, 0.2) is 77.4 Å². The summed E-state index contributed by atoms with van der Waals surface area (Å²) in [5.74, 6) is 3.86. The van der Waals surface area contributed by atoms with Crippen molar-refractivity contribution in [2.75, 3.05) is 18.8 Å². The molecule has 5 rings (SSSR count). The van der Waals surface area contributed by atoms with E-state index in [1.807, 2.05) is 64.5 Å². The van der Waals surface area contributed by atoms with Gasteiger partial charge in [-0.1, -0.05) is 61.2 Å². The Morgan fingerprint density at radius 1 is 1.23 bits per heavy atom. The zero-order chi connectivity index (χ0) is 27.5. The van der Waals surface area contributed by atoms with Crippen molar-refractivity contribution in [1.29, 1.82) is 0 Å². The maximum Gasteiger partial charge on any atom is 0.332 e. The van der Waals surface area contributed by atoms with Gasteiger partial charge in [0.2, 0.25) is 18.1 Å². The van der Waals surface area contributed by atoms with E-state index in [1.165, 1.54) is 0 Å². The van der Waals surface area contributed by atoms with Crippen molar-refractivity contribution < 1.29 is 18.8 Å². The molecule has 1 aromatic carbocycles. The summed E-state index contributed by atoms with van der Waals surface area (Å²) in [5.41, 5.74) is 9.13. The standard InChI is InChI=1S/C31H37N6O2/c1-5-27(38)36-17-9-10-23(18-36)19-37-31-28(30(32)35(4)20-33-31)29(34-37)24-14-13-21(2)22(3)26(16-15-24)39-25-11-7-6-8-12-25/h6-8,11-16,19-23,32H,5,9-10,17-18H2,1-4H3/q+1/p+1/b14-13?,24-15?,26-16?,37-19+/t21-,22+,23?/m1/s1. The fourth-order valence-corrected chi connectivity index (χ4v) is 5.22. The number of allylic oxidation sites excluding steroid dienone is 6. The van der Waals surface area contributed by atoms with Gasteiger partial charge in [0.1, 0.15) is 23.4 Å². The molecule has 1 unspecified atom stereocenters. The summed E-state index contributed by atoms with van der Waals surface area (Å²) in [5, 5.41) is 5.04. The van der Waals surface area contributed by atoms with E-state index in [1.54, 1.807) is 6.33 Å². The average molecular weight is 527 g/mol. The highest BCUT2D eigenvalue weighted by atomic mass is 16.5. The summed E-state index contributed by atoms with van der Waals surface area (Å²) in [6.07, 6.45) is 14.7. The number of amides is 1. The zero-order valence-corrected chi connectivity index (χ0v) is 23.2. The van der Waals surface area contributed by atoms with Crippen molar-refractivity contribution in [3.63, 3.8) is 0 Å². The number of piperidine rings is 1. The second-order valence-corrected chi connectivity index (χ2v) is 10.6. The van der Waals surface area contributed by atoms with Crippen molar-refractivity contribution in [1.82, 2.24) is 9.88 Å². The zero-order valence-electron chi connectivity index (χ0n) is 23.2. The minimum atomic E-state index is 0.190. The van der Waals surface area contributed by atoms with E-state index < -0.39 is 0 Å². The fourth-order valence-electron chi connectivity index (χ4n) is 5.22. The molecule has 3 heterocycles. The first-order valence-electron chi connectivity index (χ1n) is 13.8. The van der Waals surface area contributed by atoms with Crippen LogP contribution in [0.5, 0.6) is 5.75 Å². The second-order valence-electron chi connectivity index (χ2n) is 10.6. The average Bonchev–Trinajstić information content (AvgIpc) is 3.31. The molecule has 0 radical (unpaired) electrons.